The second-order valence-corrected chi connectivity index (χ2v) is 5.76. The fraction of sp³-hybridized carbons (Fsp3) is 0.118. The summed E-state index contributed by atoms with van der Waals surface area (Å²) in [5.41, 5.74) is 2.21. The third-order valence-electron chi connectivity index (χ3n) is 3.42. The number of amides is 1. The van der Waals surface area contributed by atoms with Crippen LogP contribution in [-0.2, 0) is 0 Å². The van der Waals surface area contributed by atoms with Gasteiger partial charge in [-0.15, -0.1) is 0 Å². The minimum absolute atomic E-state index is 0.0621. The molecule has 5 nitrogen and oxygen atoms in total. The highest BCUT2D eigenvalue weighted by Gasteiger charge is 2.11. The Morgan fingerprint density at radius 1 is 1.21 bits per heavy atom. The Bertz CT molecular complexity index is 905. The van der Waals surface area contributed by atoms with E-state index in [0.717, 1.165) is 17.5 Å². The quantitative estimate of drug-likeness (QED) is 0.783. The zero-order valence-corrected chi connectivity index (χ0v) is 13.8. The lowest BCUT2D eigenvalue weighted by atomic mass is 10.2. The maximum atomic E-state index is 13.7. The van der Waals surface area contributed by atoms with Crippen molar-refractivity contribution in [3.05, 3.63) is 70.4 Å². The third kappa shape index (κ3) is 3.28. The van der Waals surface area contributed by atoms with Gasteiger partial charge in [0.2, 0.25) is 0 Å². The van der Waals surface area contributed by atoms with E-state index in [-0.39, 0.29) is 10.7 Å². The molecule has 0 unspecified atom stereocenters. The predicted molar refractivity (Wildman–Crippen MR) is 90.2 cm³/mol. The molecule has 3 rings (SSSR count). The molecular formula is C17H14ClFN4O. The predicted octanol–water partition coefficient (Wildman–Crippen LogP) is 3.93. The first kappa shape index (κ1) is 16.1. The van der Waals surface area contributed by atoms with Gasteiger partial charge in [-0.1, -0.05) is 11.6 Å². The summed E-state index contributed by atoms with van der Waals surface area (Å²) >= 11 is 5.69. The number of benzene rings is 1. The molecule has 0 radical (unpaired) electrons. The molecule has 122 valence electrons. The molecular weight excluding hydrogens is 331 g/mol. The standard InChI is InChI=1S/C17H14ClFN4O/c1-10-7-11(2)23(22-10)16-6-3-12(9-20-16)17(24)21-15-5-4-13(18)8-14(15)19/h3-9H,1-2H3,(H,21,24). The van der Waals surface area contributed by atoms with E-state index in [1.807, 2.05) is 19.9 Å². The number of hydrogen-bond donors (Lipinski definition) is 1. The molecule has 0 saturated heterocycles. The lowest BCUT2D eigenvalue weighted by Crippen LogP contribution is -2.14. The van der Waals surface area contributed by atoms with Crippen molar-refractivity contribution in [2.75, 3.05) is 5.32 Å². The summed E-state index contributed by atoms with van der Waals surface area (Å²) in [7, 11) is 0. The Kier molecular flexibility index (Phi) is 4.31. The van der Waals surface area contributed by atoms with Crippen LogP contribution in [0, 0.1) is 19.7 Å². The summed E-state index contributed by atoms with van der Waals surface area (Å²) in [6.45, 7) is 3.82. The summed E-state index contributed by atoms with van der Waals surface area (Å²) < 4.78 is 15.4. The first-order valence-corrected chi connectivity index (χ1v) is 7.58. The number of nitrogens with one attached hydrogen (secondary N) is 1. The average molecular weight is 345 g/mol. The van der Waals surface area contributed by atoms with Crippen LogP contribution in [0.5, 0.6) is 0 Å². The molecule has 1 amide bonds. The minimum atomic E-state index is -0.594. The van der Waals surface area contributed by atoms with Gasteiger partial charge in [-0.25, -0.2) is 14.1 Å². The molecule has 1 aromatic carbocycles. The topological polar surface area (TPSA) is 59.8 Å². The van der Waals surface area contributed by atoms with E-state index in [2.05, 4.69) is 15.4 Å². The number of pyridine rings is 1. The van der Waals surface area contributed by atoms with Crippen molar-refractivity contribution in [3.8, 4) is 5.82 Å². The van der Waals surface area contributed by atoms with Crippen molar-refractivity contribution < 1.29 is 9.18 Å². The van der Waals surface area contributed by atoms with Gasteiger partial charge < -0.3 is 5.32 Å². The molecule has 7 heteroatoms. The number of carbonyl (C=O) groups is 1. The first-order valence-electron chi connectivity index (χ1n) is 7.20. The number of halogens is 2. The van der Waals surface area contributed by atoms with E-state index < -0.39 is 11.7 Å². The number of rotatable bonds is 3. The Balaban J connectivity index is 1.80. The van der Waals surface area contributed by atoms with Gasteiger partial charge in [0, 0.05) is 16.9 Å². The zero-order chi connectivity index (χ0) is 17.3. The van der Waals surface area contributed by atoms with Crippen molar-refractivity contribution in [2.45, 2.75) is 13.8 Å². The fourth-order valence-corrected chi connectivity index (χ4v) is 2.45. The van der Waals surface area contributed by atoms with Crippen LogP contribution in [0.3, 0.4) is 0 Å². The van der Waals surface area contributed by atoms with Crippen LogP contribution in [-0.4, -0.2) is 20.7 Å². The van der Waals surface area contributed by atoms with Crippen molar-refractivity contribution in [2.24, 2.45) is 0 Å². The molecule has 1 N–H and O–H groups in total. The summed E-state index contributed by atoms with van der Waals surface area (Å²) in [4.78, 5) is 16.4. The van der Waals surface area contributed by atoms with Crippen molar-refractivity contribution >= 4 is 23.2 Å². The molecule has 3 aromatic rings. The van der Waals surface area contributed by atoms with E-state index in [9.17, 15) is 9.18 Å². The number of anilines is 1. The normalized spacial score (nSPS) is 10.7. The number of carbonyl (C=O) groups excluding carboxylic acids is 1. The molecule has 0 fully saturated rings. The number of nitrogens with zero attached hydrogens (tertiary/aromatic N) is 3. The second kappa shape index (κ2) is 6.41. The first-order chi connectivity index (χ1) is 11.4. The van der Waals surface area contributed by atoms with Gasteiger partial charge in [0.05, 0.1) is 16.9 Å². The highest BCUT2D eigenvalue weighted by atomic mass is 35.5. The van der Waals surface area contributed by atoms with Gasteiger partial charge in [0.1, 0.15) is 5.82 Å². The van der Waals surface area contributed by atoms with E-state index in [1.165, 1.54) is 18.3 Å². The average Bonchev–Trinajstić information content (AvgIpc) is 2.88. The maximum Gasteiger partial charge on any atom is 0.257 e. The minimum Gasteiger partial charge on any atom is -0.319 e. The van der Waals surface area contributed by atoms with Gasteiger partial charge in [0.25, 0.3) is 5.91 Å². The largest absolute Gasteiger partial charge is 0.319 e. The van der Waals surface area contributed by atoms with Crippen LogP contribution in [0.15, 0.2) is 42.6 Å². The van der Waals surface area contributed by atoms with E-state index in [0.29, 0.717) is 11.4 Å². The van der Waals surface area contributed by atoms with Crippen molar-refractivity contribution in [3.63, 3.8) is 0 Å². The Hall–Kier alpha value is -2.73. The second-order valence-electron chi connectivity index (χ2n) is 5.32. The van der Waals surface area contributed by atoms with E-state index in [1.54, 1.807) is 16.8 Å². The molecule has 0 atom stereocenters. The Labute approximate surface area is 143 Å². The van der Waals surface area contributed by atoms with Crippen LogP contribution in [0.1, 0.15) is 21.7 Å². The lowest BCUT2D eigenvalue weighted by Gasteiger charge is -2.08. The highest BCUT2D eigenvalue weighted by Crippen LogP contribution is 2.19. The molecule has 0 bridgehead atoms. The molecule has 0 aliphatic heterocycles. The van der Waals surface area contributed by atoms with Crippen LogP contribution in [0.25, 0.3) is 5.82 Å². The van der Waals surface area contributed by atoms with Gasteiger partial charge >= 0.3 is 0 Å². The van der Waals surface area contributed by atoms with Crippen LogP contribution in [0.4, 0.5) is 10.1 Å². The van der Waals surface area contributed by atoms with Gasteiger partial charge in [0.15, 0.2) is 5.82 Å². The molecule has 0 saturated carbocycles. The monoisotopic (exact) mass is 344 g/mol. The molecule has 2 heterocycles. The molecule has 0 aliphatic carbocycles. The fourth-order valence-electron chi connectivity index (χ4n) is 2.29. The molecule has 0 spiro atoms. The highest BCUT2D eigenvalue weighted by molar-refractivity contribution is 6.30. The van der Waals surface area contributed by atoms with E-state index >= 15 is 0 Å². The lowest BCUT2D eigenvalue weighted by molar-refractivity contribution is 0.102. The Morgan fingerprint density at radius 3 is 2.58 bits per heavy atom. The number of hydrogen-bond acceptors (Lipinski definition) is 3. The van der Waals surface area contributed by atoms with Crippen LogP contribution >= 0.6 is 11.6 Å². The van der Waals surface area contributed by atoms with Gasteiger partial charge in [-0.05, 0) is 50.2 Å². The molecule has 2 aromatic heterocycles. The summed E-state index contributed by atoms with van der Waals surface area (Å²) in [5.74, 6) is -0.443. The smallest absolute Gasteiger partial charge is 0.257 e. The summed E-state index contributed by atoms with van der Waals surface area (Å²) in [5, 5.41) is 7.09. The zero-order valence-electron chi connectivity index (χ0n) is 13.0. The van der Waals surface area contributed by atoms with Crippen molar-refractivity contribution in [1.82, 2.24) is 14.8 Å². The maximum absolute atomic E-state index is 13.7. The van der Waals surface area contributed by atoms with Crippen LogP contribution in [0.2, 0.25) is 5.02 Å². The van der Waals surface area contributed by atoms with Crippen LogP contribution < -0.4 is 5.32 Å². The van der Waals surface area contributed by atoms with Gasteiger partial charge in [-0.3, -0.25) is 4.79 Å². The van der Waals surface area contributed by atoms with Crippen molar-refractivity contribution in [1.29, 1.82) is 0 Å². The molecule has 24 heavy (non-hydrogen) atoms. The molecule has 0 aliphatic rings. The summed E-state index contributed by atoms with van der Waals surface area (Å²) in [6, 6.07) is 9.29. The van der Waals surface area contributed by atoms with E-state index in [4.69, 9.17) is 11.6 Å². The third-order valence-corrected chi connectivity index (χ3v) is 3.65. The Morgan fingerprint density at radius 2 is 2.00 bits per heavy atom. The SMILES string of the molecule is Cc1cc(C)n(-c2ccc(C(=O)Nc3ccc(Cl)cc3F)cn2)n1. The van der Waals surface area contributed by atoms with Gasteiger partial charge in [-0.2, -0.15) is 5.10 Å². The number of aromatic nitrogens is 3. The summed E-state index contributed by atoms with van der Waals surface area (Å²) in [6.07, 6.45) is 1.43. The number of aryl methyl sites for hydroxylation is 2.